The molecule has 1 aromatic heterocycles. The Balaban J connectivity index is 1.75. The summed E-state index contributed by atoms with van der Waals surface area (Å²) in [7, 11) is 0. The molecule has 3 N–H and O–H groups in total. The Morgan fingerprint density at radius 1 is 1.42 bits per heavy atom. The Morgan fingerprint density at radius 2 is 2.23 bits per heavy atom. The van der Waals surface area contributed by atoms with Crippen LogP contribution in [0.3, 0.4) is 0 Å². The van der Waals surface area contributed by atoms with Crippen molar-refractivity contribution in [3.8, 4) is 11.3 Å². The van der Waals surface area contributed by atoms with Gasteiger partial charge in [-0.1, -0.05) is 50.1 Å². The third kappa shape index (κ3) is 4.14. The zero-order valence-corrected chi connectivity index (χ0v) is 15.3. The molecule has 1 saturated heterocycles. The highest BCUT2D eigenvalue weighted by Gasteiger charge is 2.35. The Hall–Kier alpha value is -2.18. The van der Waals surface area contributed by atoms with Gasteiger partial charge in [0, 0.05) is 13.1 Å². The number of unbranched alkanes of at least 4 members (excludes halogenated alkanes) is 1. The topological polar surface area (TPSA) is 81.2 Å². The molecule has 0 radical (unpaired) electrons. The molecule has 1 aliphatic rings. The summed E-state index contributed by atoms with van der Waals surface area (Å²) in [5, 5.41) is 9.10. The van der Waals surface area contributed by atoms with Crippen LogP contribution in [0.4, 0.5) is 0 Å². The van der Waals surface area contributed by atoms with Crippen LogP contribution in [0, 0.1) is 5.92 Å². The van der Waals surface area contributed by atoms with Crippen molar-refractivity contribution >= 4 is 5.91 Å². The van der Waals surface area contributed by atoms with Gasteiger partial charge in [0.05, 0.1) is 23.9 Å². The number of benzene rings is 1. The van der Waals surface area contributed by atoms with Crippen molar-refractivity contribution in [2.45, 2.75) is 45.1 Å². The Morgan fingerprint density at radius 3 is 2.96 bits per heavy atom. The predicted molar refractivity (Wildman–Crippen MR) is 101 cm³/mol. The number of carbonyl (C=O) groups is 1. The summed E-state index contributed by atoms with van der Waals surface area (Å²) in [4.78, 5) is 22.9. The minimum atomic E-state index is -0.191. The molecule has 2 aromatic rings. The molecule has 6 heteroatoms. The summed E-state index contributed by atoms with van der Waals surface area (Å²) in [6, 6.07) is 10.1. The third-order valence-electron chi connectivity index (χ3n) is 5.12. The zero-order chi connectivity index (χ0) is 18.4. The number of hydrogen-bond donors (Lipinski definition) is 3. The number of H-pyrrole nitrogens is 1. The average Bonchev–Trinajstić information content (AvgIpc) is 3.34. The maximum atomic E-state index is 13.0. The summed E-state index contributed by atoms with van der Waals surface area (Å²) >= 11 is 0. The molecular weight excluding hydrogens is 328 g/mol. The van der Waals surface area contributed by atoms with Crippen LogP contribution in [-0.2, 0) is 4.79 Å². The van der Waals surface area contributed by atoms with Crippen LogP contribution in [0.2, 0.25) is 0 Å². The molecule has 1 fully saturated rings. The smallest absolute Gasteiger partial charge is 0.227 e. The van der Waals surface area contributed by atoms with E-state index in [2.05, 4.69) is 22.4 Å². The number of likely N-dealkylation sites (tertiary alicyclic amines) is 1. The van der Waals surface area contributed by atoms with E-state index in [4.69, 9.17) is 5.21 Å². The van der Waals surface area contributed by atoms with Crippen molar-refractivity contribution in [1.82, 2.24) is 20.3 Å². The lowest BCUT2D eigenvalue weighted by atomic mass is 10.00. The van der Waals surface area contributed by atoms with Crippen molar-refractivity contribution in [1.29, 1.82) is 0 Å². The van der Waals surface area contributed by atoms with Gasteiger partial charge in [-0.25, -0.2) is 10.5 Å². The van der Waals surface area contributed by atoms with E-state index in [9.17, 15) is 4.79 Å². The van der Waals surface area contributed by atoms with E-state index >= 15 is 0 Å². The molecule has 3 rings (SSSR count). The standard InChI is InChI=1S/C20H28N4O2/c1-2-3-8-16(13-22-26)20(25)24-12-7-11-18(24)19-21-14-17(23-19)15-9-5-4-6-10-15/h4-6,9-10,14,16,18,22,26H,2-3,7-8,11-13H2,1H3,(H,21,23)/t16-,18+/m1/s1. The van der Waals surface area contributed by atoms with Gasteiger partial charge in [0.1, 0.15) is 5.82 Å². The molecule has 0 aliphatic carbocycles. The second kappa shape index (κ2) is 8.96. The Kier molecular flexibility index (Phi) is 6.41. The fourth-order valence-electron chi connectivity index (χ4n) is 3.69. The number of nitrogens with one attached hydrogen (secondary N) is 2. The number of rotatable bonds is 8. The summed E-state index contributed by atoms with van der Waals surface area (Å²) < 4.78 is 0. The third-order valence-corrected chi connectivity index (χ3v) is 5.12. The SMILES string of the molecule is CCCC[C@H](CNO)C(=O)N1CCC[C@H]1c1ncc(-c2ccccc2)[nH]1. The van der Waals surface area contributed by atoms with Crippen molar-refractivity contribution < 1.29 is 10.0 Å². The Bertz CT molecular complexity index is 701. The highest BCUT2D eigenvalue weighted by atomic mass is 16.5. The lowest BCUT2D eigenvalue weighted by Crippen LogP contribution is -2.39. The van der Waals surface area contributed by atoms with Gasteiger partial charge in [-0.2, -0.15) is 0 Å². The van der Waals surface area contributed by atoms with Gasteiger partial charge in [-0.05, 0) is 24.8 Å². The molecule has 0 spiro atoms. The molecular formula is C20H28N4O2. The number of amides is 1. The normalized spacial score (nSPS) is 18.2. The van der Waals surface area contributed by atoms with Crippen molar-refractivity contribution in [2.75, 3.05) is 13.1 Å². The second-order valence-electron chi connectivity index (χ2n) is 6.94. The minimum absolute atomic E-state index is 0.0113. The van der Waals surface area contributed by atoms with Crippen LogP contribution in [0.15, 0.2) is 36.5 Å². The summed E-state index contributed by atoms with van der Waals surface area (Å²) in [6.07, 6.45) is 6.55. The van der Waals surface area contributed by atoms with Gasteiger partial charge in [0.15, 0.2) is 0 Å². The highest BCUT2D eigenvalue weighted by Crippen LogP contribution is 2.33. The number of carbonyl (C=O) groups excluding carboxylic acids is 1. The van der Waals surface area contributed by atoms with E-state index in [-0.39, 0.29) is 17.9 Å². The summed E-state index contributed by atoms with van der Waals surface area (Å²) in [5.74, 6) is 0.769. The highest BCUT2D eigenvalue weighted by molar-refractivity contribution is 5.79. The van der Waals surface area contributed by atoms with E-state index in [0.29, 0.717) is 6.54 Å². The van der Waals surface area contributed by atoms with E-state index in [1.54, 1.807) is 0 Å². The first-order chi connectivity index (χ1) is 12.7. The maximum Gasteiger partial charge on any atom is 0.227 e. The lowest BCUT2D eigenvalue weighted by Gasteiger charge is -2.27. The van der Waals surface area contributed by atoms with E-state index in [0.717, 1.165) is 55.7 Å². The lowest BCUT2D eigenvalue weighted by molar-refractivity contribution is -0.137. The van der Waals surface area contributed by atoms with Crippen LogP contribution < -0.4 is 5.48 Å². The van der Waals surface area contributed by atoms with E-state index in [1.165, 1.54) is 0 Å². The molecule has 1 aromatic carbocycles. The quantitative estimate of drug-likeness (QED) is 0.632. The number of imidazole rings is 1. The fraction of sp³-hybridized carbons (Fsp3) is 0.500. The maximum absolute atomic E-state index is 13.0. The first-order valence-corrected chi connectivity index (χ1v) is 9.52. The summed E-state index contributed by atoms with van der Waals surface area (Å²) in [5.41, 5.74) is 4.25. The molecule has 2 heterocycles. The molecule has 2 atom stereocenters. The van der Waals surface area contributed by atoms with E-state index < -0.39 is 0 Å². The fourth-order valence-corrected chi connectivity index (χ4v) is 3.69. The largest absolute Gasteiger partial charge is 0.340 e. The Labute approximate surface area is 154 Å². The van der Waals surface area contributed by atoms with Gasteiger partial charge < -0.3 is 15.1 Å². The number of hydroxylamine groups is 1. The van der Waals surface area contributed by atoms with Gasteiger partial charge in [0.2, 0.25) is 5.91 Å². The van der Waals surface area contributed by atoms with Crippen LogP contribution >= 0.6 is 0 Å². The first-order valence-electron chi connectivity index (χ1n) is 9.52. The number of nitrogens with zero attached hydrogens (tertiary/aromatic N) is 2. The van der Waals surface area contributed by atoms with Crippen molar-refractivity contribution in [3.05, 3.63) is 42.4 Å². The molecule has 26 heavy (non-hydrogen) atoms. The van der Waals surface area contributed by atoms with Gasteiger partial charge in [-0.3, -0.25) is 4.79 Å². The summed E-state index contributed by atoms with van der Waals surface area (Å²) in [6.45, 7) is 3.16. The van der Waals surface area contributed by atoms with Crippen LogP contribution in [0.5, 0.6) is 0 Å². The average molecular weight is 356 g/mol. The number of aromatic nitrogens is 2. The van der Waals surface area contributed by atoms with Gasteiger partial charge in [0.25, 0.3) is 0 Å². The monoisotopic (exact) mass is 356 g/mol. The molecule has 1 aliphatic heterocycles. The molecule has 0 unspecified atom stereocenters. The predicted octanol–water partition coefficient (Wildman–Crippen LogP) is 3.53. The molecule has 140 valence electrons. The molecule has 1 amide bonds. The minimum Gasteiger partial charge on any atom is -0.340 e. The van der Waals surface area contributed by atoms with Crippen molar-refractivity contribution in [2.24, 2.45) is 5.92 Å². The second-order valence-corrected chi connectivity index (χ2v) is 6.94. The molecule has 6 nitrogen and oxygen atoms in total. The number of hydrogen-bond acceptors (Lipinski definition) is 4. The van der Waals surface area contributed by atoms with Crippen LogP contribution in [-0.4, -0.2) is 39.1 Å². The number of aromatic amines is 1. The zero-order valence-electron chi connectivity index (χ0n) is 15.3. The van der Waals surface area contributed by atoms with Crippen LogP contribution in [0.25, 0.3) is 11.3 Å². The first kappa shape index (κ1) is 18.6. The van der Waals surface area contributed by atoms with Crippen LogP contribution in [0.1, 0.15) is 50.9 Å². The van der Waals surface area contributed by atoms with E-state index in [1.807, 2.05) is 41.4 Å². The van der Waals surface area contributed by atoms with Gasteiger partial charge in [-0.15, -0.1) is 0 Å². The van der Waals surface area contributed by atoms with Crippen molar-refractivity contribution in [3.63, 3.8) is 0 Å². The molecule has 0 saturated carbocycles. The van der Waals surface area contributed by atoms with Gasteiger partial charge >= 0.3 is 0 Å². The molecule has 0 bridgehead atoms.